The summed E-state index contributed by atoms with van der Waals surface area (Å²) in [5, 5.41) is 3.29. The second-order valence-corrected chi connectivity index (χ2v) is 9.48. The van der Waals surface area contributed by atoms with Crippen LogP contribution < -0.4 is 5.32 Å². The zero-order valence-corrected chi connectivity index (χ0v) is 20.2. The highest BCUT2D eigenvalue weighted by Crippen LogP contribution is 2.32. The normalized spacial score (nSPS) is 12.6. The molecule has 0 saturated heterocycles. The van der Waals surface area contributed by atoms with Gasteiger partial charge in [-0.25, -0.2) is 0 Å². The summed E-state index contributed by atoms with van der Waals surface area (Å²) in [5.74, 6) is 1.06. The molecule has 2 heteroatoms. The molecule has 0 fully saturated rings. The number of rotatable bonds is 15. The molecule has 1 rings (SSSR count). The van der Waals surface area contributed by atoms with E-state index in [1.165, 1.54) is 68.9 Å². The molecule has 1 aromatic rings. The van der Waals surface area contributed by atoms with Crippen LogP contribution in [0.15, 0.2) is 18.2 Å². The van der Waals surface area contributed by atoms with Gasteiger partial charge in [-0.2, -0.15) is 0 Å². The van der Waals surface area contributed by atoms with Crippen molar-refractivity contribution in [1.82, 2.24) is 0 Å². The molecule has 1 amide bonds. The van der Waals surface area contributed by atoms with Crippen LogP contribution in [0.3, 0.4) is 0 Å². The minimum atomic E-state index is 0.0734. The standard InChI is InChI=1S/C27H47NO/c1-7-8-9-10-11-12-13-14-15-16-18-23(6)27(29)28-26-24(21(2)3)19-17-20-25(26)22(4)5/h17,19-23H,7-16,18H2,1-6H3,(H,28,29). The minimum Gasteiger partial charge on any atom is -0.325 e. The van der Waals surface area contributed by atoms with Crippen LogP contribution in [0.4, 0.5) is 5.69 Å². The van der Waals surface area contributed by atoms with E-state index in [0.717, 1.165) is 18.5 Å². The Morgan fingerprint density at radius 1 is 0.759 bits per heavy atom. The van der Waals surface area contributed by atoms with Crippen molar-refractivity contribution in [2.45, 2.75) is 124 Å². The Balaban J connectivity index is 2.38. The third-order valence-corrected chi connectivity index (χ3v) is 6.06. The van der Waals surface area contributed by atoms with Crippen molar-refractivity contribution in [2.75, 3.05) is 5.32 Å². The summed E-state index contributed by atoms with van der Waals surface area (Å²) in [6.07, 6.45) is 14.4. The van der Waals surface area contributed by atoms with E-state index in [-0.39, 0.29) is 11.8 Å². The lowest BCUT2D eigenvalue weighted by Gasteiger charge is -2.21. The monoisotopic (exact) mass is 401 g/mol. The fourth-order valence-corrected chi connectivity index (χ4v) is 4.01. The van der Waals surface area contributed by atoms with Gasteiger partial charge in [-0.05, 0) is 29.4 Å². The molecule has 0 spiro atoms. The number of nitrogens with one attached hydrogen (secondary N) is 1. The molecule has 0 aliphatic rings. The molecular weight excluding hydrogens is 354 g/mol. The number of unbranched alkanes of at least 4 members (excludes halogenated alkanes) is 9. The van der Waals surface area contributed by atoms with Gasteiger partial charge < -0.3 is 5.32 Å². The van der Waals surface area contributed by atoms with Gasteiger partial charge in [0.05, 0.1) is 0 Å². The quantitative estimate of drug-likeness (QED) is 0.292. The largest absolute Gasteiger partial charge is 0.325 e. The molecular formula is C27H47NO. The number of hydrogen-bond acceptors (Lipinski definition) is 1. The Kier molecular flexibility index (Phi) is 13.0. The van der Waals surface area contributed by atoms with Crippen molar-refractivity contribution >= 4 is 11.6 Å². The molecule has 1 N–H and O–H groups in total. The van der Waals surface area contributed by atoms with Gasteiger partial charge in [0, 0.05) is 11.6 Å². The second kappa shape index (κ2) is 14.6. The summed E-state index contributed by atoms with van der Waals surface area (Å²) in [4.78, 5) is 12.8. The summed E-state index contributed by atoms with van der Waals surface area (Å²) < 4.78 is 0. The van der Waals surface area contributed by atoms with E-state index >= 15 is 0 Å². The SMILES string of the molecule is CCCCCCCCCCCCC(C)C(=O)Nc1c(C(C)C)cccc1C(C)C. The molecule has 1 aromatic carbocycles. The summed E-state index contributed by atoms with van der Waals surface area (Å²) in [6.45, 7) is 13.1. The van der Waals surface area contributed by atoms with Gasteiger partial charge in [0.25, 0.3) is 0 Å². The van der Waals surface area contributed by atoms with Gasteiger partial charge in [-0.15, -0.1) is 0 Å². The molecule has 1 unspecified atom stereocenters. The molecule has 0 aliphatic heterocycles. The van der Waals surface area contributed by atoms with E-state index in [1.54, 1.807) is 0 Å². The van der Waals surface area contributed by atoms with E-state index in [9.17, 15) is 4.79 Å². The maximum atomic E-state index is 12.8. The fraction of sp³-hybridized carbons (Fsp3) is 0.741. The van der Waals surface area contributed by atoms with Crippen molar-refractivity contribution in [3.63, 3.8) is 0 Å². The lowest BCUT2D eigenvalue weighted by Crippen LogP contribution is -2.22. The predicted octanol–water partition coefficient (Wildman–Crippen LogP) is 8.82. The van der Waals surface area contributed by atoms with Crippen LogP contribution in [0, 0.1) is 5.92 Å². The highest BCUT2D eigenvalue weighted by atomic mass is 16.1. The number of benzene rings is 1. The predicted molar refractivity (Wildman–Crippen MR) is 129 cm³/mol. The zero-order valence-electron chi connectivity index (χ0n) is 20.2. The van der Waals surface area contributed by atoms with Crippen molar-refractivity contribution in [2.24, 2.45) is 5.92 Å². The van der Waals surface area contributed by atoms with Crippen LogP contribution in [-0.4, -0.2) is 5.91 Å². The van der Waals surface area contributed by atoms with E-state index in [1.807, 2.05) is 0 Å². The third kappa shape index (κ3) is 9.83. The smallest absolute Gasteiger partial charge is 0.227 e. The Morgan fingerprint density at radius 3 is 1.66 bits per heavy atom. The maximum absolute atomic E-state index is 12.8. The summed E-state index contributed by atoms with van der Waals surface area (Å²) in [6, 6.07) is 6.42. The molecule has 0 saturated carbocycles. The molecule has 1 atom stereocenters. The van der Waals surface area contributed by atoms with E-state index in [2.05, 4.69) is 65.1 Å². The van der Waals surface area contributed by atoms with Gasteiger partial charge in [0.2, 0.25) is 5.91 Å². The first-order valence-electron chi connectivity index (χ1n) is 12.3. The lowest BCUT2D eigenvalue weighted by molar-refractivity contribution is -0.119. The molecule has 0 radical (unpaired) electrons. The fourth-order valence-electron chi connectivity index (χ4n) is 4.01. The van der Waals surface area contributed by atoms with Gasteiger partial charge in [-0.3, -0.25) is 4.79 Å². The topological polar surface area (TPSA) is 29.1 Å². The van der Waals surface area contributed by atoms with Gasteiger partial charge in [0.1, 0.15) is 0 Å². The molecule has 0 heterocycles. The van der Waals surface area contributed by atoms with Crippen molar-refractivity contribution in [3.8, 4) is 0 Å². The van der Waals surface area contributed by atoms with E-state index < -0.39 is 0 Å². The first-order valence-corrected chi connectivity index (χ1v) is 12.3. The first-order chi connectivity index (χ1) is 13.9. The van der Waals surface area contributed by atoms with E-state index in [0.29, 0.717) is 11.8 Å². The van der Waals surface area contributed by atoms with Gasteiger partial charge in [-0.1, -0.05) is 124 Å². The van der Waals surface area contributed by atoms with Crippen molar-refractivity contribution in [1.29, 1.82) is 0 Å². The molecule has 29 heavy (non-hydrogen) atoms. The van der Waals surface area contributed by atoms with Crippen LogP contribution >= 0.6 is 0 Å². The number of para-hydroxylation sites is 1. The third-order valence-electron chi connectivity index (χ3n) is 6.06. The average molecular weight is 402 g/mol. The second-order valence-electron chi connectivity index (χ2n) is 9.48. The van der Waals surface area contributed by atoms with Crippen molar-refractivity contribution < 1.29 is 4.79 Å². The van der Waals surface area contributed by atoms with Gasteiger partial charge in [0.15, 0.2) is 0 Å². The summed E-state index contributed by atoms with van der Waals surface area (Å²) >= 11 is 0. The maximum Gasteiger partial charge on any atom is 0.227 e. The summed E-state index contributed by atoms with van der Waals surface area (Å²) in [5.41, 5.74) is 3.55. The highest BCUT2D eigenvalue weighted by Gasteiger charge is 2.19. The van der Waals surface area contributed by atoms with Crippen molar-refractivity contribution in [3.05, 3.63) is 29.3 Å². The Hall–Kier alpha value is -1.31. The molecule has 0 aliphatic carbocycles. The Labute approximate surface area is 181 Å². The van der Waals surface area contributed by atoms with Crippen LogP contribution in [-0.2, 0) is 4.79 Å². The number of carbonyl (C=O) groups is 1. The first kappa shape index (κ1) is 25.7. The van der Waals surface area contributed by atoms with Crippen LogP contribution in [0.5, 0.6) is 0 Å². The summed E-state index contributed by atoms with van der Waals surface area (Å²) in [7, 11) is 0. The Bertz CT molecular complexity index is 550. The van der Waals surface area contributed by atoms with Gasteiger partial charge >= 0.3 is 0 Å². The highest BCUT2D eigenvalue weighted by molar-refractivity contribution is 5.94. The zero-order chi connectivity index (χ0) is 21.6. The number of carbonyl (C=O) groups excluding carboxylic acids is 1. The number of hydrogen-bond donors (Lipinski definition) is 1. The van der Waals surface area contributed by atoms with E-state index in [4.69, 9.17) is 0 Å². The van der Waals surface area contributed by atoms with Crippen LogP contribution in [0.1, 0.15) is 135 Å². The van der Waals surface area contributed by atoms with Crippen LogP contribution in [0.2, 0.25) is 0 Å². The number of amides is 1. The number of anilines is 1. The molecule has 0 aromatic heterocycles. The minimum absolute atomic E-state index is 0.0734. The lowest BCUT2D eigenvalue weighted by atomic mass is 9.92. The molecule has 2 nitrogen and oxygen atoms in total. The average Bonchev–Trinajstić information content (AvgIpc) is 2.68. The Morgan fingerprint density at radius 2 is 1.21 bits per heavy atom. The molecule has 0 bridgehead atoms. The molecule has 166 valence electrons. The van der Waals surface area contributed by atoms with Crippen LogP contribution in [0.25, 0.3) is 0 Å².